The monoisotopic (exact) mass is 502 g/mol. The molecule has 2 atom stereocenters. The average Bonchev–Trinajstić information content (AvgIpc) is 3.30. The summed E-state index contributed by atoms with van der Waals surface area (Å²) in [7, 11) is 0. The van der Waals surface area contributed by atoms with Crippen LogP contribution in [-0.2, 0) is 11.3 Å². The number of hydrogen-bond acceptors (Lipinski definition) is 9. The number of carbonyl (C=O) groups excluding carboxylic acids is 1. The SMILES string of the molecule is N#Cc1cc(-c2ncnc(Nc3cnn(CC(F)F)c3)n2)ccc1OC1CCN(C(=O)CO)C[C@H]1F. The number of halogens is 3. The minimum atomic E-state index is -2.54. The molecule has 11 nitrogen and oxygen atoms in total. The highest BCUT2D eigenvalue weighted by atomic mass is 19.3. The lowest BCUT2D eigenvalue weighted by atomic mass is 10.0. The van der Waals surface area contributed by atoms with Gasteiger partial charge < -0.3 is 20.1 Å². The first-order chi connectivity index (χ1) is 17.4. The summed E-state index contributed by atoms with van der Waals surface area (Å²) in [6.07, 6.45) is -0.684. The van der Waals surface area contributed by atoms with E-state index in [0.717, 1.165) is 4.68 Å². The number of anilines is 2. The topological polar surface area (TPSA) is 142 Å². The molecule has 0 spiro atoms. The van der Waals surface area contributed by atoms with Gasteiger partial charge in [-0.2, -0.15) is 15.3 Å². The molecule has 36 heavy (non-hydrogen) atoms. The molecule has 1 fully saturated rings. The number of likely N-dealkylation sites (tertiary alicyclic amines) is 1. The molecule has 0 aliphatic carbocycles. The van der Waals surface area contributed by atoms with E-state index in [-0.39, 0.29) is 42.6 Å². The third-order valence-electron chi connectivity index (χ3n) is 5.39. The zero-order valence-corrected chi connectivity index (χ0v) is 18.8. The standard InChI is InChI=1S/C22H21F3N8O3/c23-16-9-32(20(35)11-34)4-3-18(16)36-17-2-1-13(5-14(17)6-26)21-27-12-28-22(31-21)30-15-7-29-33(8-15)10-19(24)25/h1-2,5,7-8,12,16,18-19,34H,3-4,9-11H2,(H,27,28,30,31)/t16-,18?/m1/s1. The van der Waals surface area contributed by atoms with Crippen LogP contribution in [0.4, 0.5) is 24.8 Å². The number of rotatable bonds is 8. The predicted octanol–water partition coefficient (Wildman–Crippen LogP) is 1.93. The molecule has 1 aliphatic rings. The highest BCUT2D eigenvalue weighted by Gasteiger charge is 2.33. The molecule has 4 rings (SSSR count). The summed E-state index contributed by atoms with van der Waals surface area (Å²) >= 11 is 0. The Morgan fingerprint density at radius 2 is 2.19 bits per heavy atom. The van der Waals surface area contributed by atoms with Crippen molar-refractivity contribution in [3.63, 3.8) is 0 Å². The maximum Gasteiger partial charge on any atom is 0.257 e. The highest BCUT2D eigenvalue weighted by molar-refractivity contribution is 5.77. The van der Waals surface area contributed by atoms with E-state index in [2.05, 4.69) is 25.4 Å². The number of nitrogens with one attached hydrogen (secondary N) is 1. The Balaban J connectivity index is 1.46. The van der Waals surface area contributed by atoms with E-state index in [9.17, 15) is 23.2 Å². The van der Waals surface area contributed by atoms with Crippen LogP contribution >= 0.6 is 0 Å². The van der Waals surface area contributed by atoms with Crippen molar-refractivity contribution in [1.82, 2.24) is 29.6 Å². The minimum absolute atomic E-state index is 0.136. The second kappa shape index (κ2) is 11.0. The van der Waals surface area contributed by atoms with E-state index >= 15 is 0 Å². The molecule has 1 saturated heterocycles. The molecule has 1 aliphatic heterocycles. The first kappa shape index (κ1) is 24.9. The van der Waals surface area contributed by atoms with Crippen LogP contribution < -0.4 is 10.1 Å². The molecule has 0 bridgehead atoms. The van der Waals surface area contributed by atoms with Crippen molar-refractivity contribution in [3.8, 4) is 23.2 Å². The lowest BCUT2D eigenvalue weighted by molar-refractivity contribution is -0.138. The van der Waals surface area contributed by atoms with E-state index < -0.39 is 37.8 Å². The molecule has 14 heteroatoms. The molecule has 2 aromatic heterocycles. The Labute approximate surface area is 203 Å². The summed E-state index contributed by atoms with van der Waals surface area (Å²) in [4.78, 5) is 25.2. The third-order valence-corrected chi connectivity index (χ3v) is 5.39. The van der Waals surface area contributed by atoms with Gasteiger partial charge in [0.2, 0.25) is 11.9 Å². The summed E-state index contributed by atoms with van der Waals surface area (Å²) in [5.74, 6) is -0.00402. The number of piperidine rings is 1. The van der Waals surface area contributed by atoms with Gasteiger partial charge in [-0.05, 0) is 18.2 Å². The number of aliphatic hydroxyl groups excluding tert-OH is 1. The van der Waals surface area contributed by atoms with Crippen LogP contribution in [0.1, 0.15) is 12.0 Å². The van der Waals surface area contributed by atoms with Crippen LogP contribution in [0.25, 0.3) is 11.4 Å². The molecular weight excluding hydrogens is 481 g/mol. The first-order valence-corrected chi connectivity index (χ1v) is 10.9. The maximum absolute atomic E-state index is 14.6. The number of nitrogens with zero attached hydrogens (tertiary/aromatic N) is 7. The van der Waals surface area contributed by atoms with Crippen LogP contribution in [0, 0.1) is 11.3 Å². The van der Waals surface area contributed by atoms with Crippen molar-refractivity contribution in [1.29, 1.82) is 5.26 Å². The molecule has 188 valence electrons. The Morgan fingerprint density at radius 3 is 2.92 bits per heavy atom. The number of alkyl halides is 3. The number of amides is 1. The van der Waals surface area contributed by atoms with E-state index in [1.54, 1.807) is 6.07 Å². The lowest BCUT2D eigenvalue weighted by Crippen LogP contribution is -2.50. The van der Waals surface area contributed by atoms with Gasteiger partial charge in [-0.15, -0.1) is 0 Å². The third kappa shape index (κ3) is 5.87. The van der Waals surface area contributed by atoms with Crippen LogP contribution in [0.3, 0.4) is 0 Å². The van der Waals surface area contributed by atoms with Gasteiger partial charge in [0, 0.05) is 24.7 Å². The first-order valence-electron chi connectivity index (χ1n) is 10.9. The number of nitriles is 1. The molecule has 1 aromatic carbocycles. The quantitative estimate of drug-likeness (QED) is 0.472. The molecule has 0 radical (unpaired) electrons. The number of hydrogen-bond donors (Lipinski definition) is 2. The second-order valence-electron chi connectivity index (χ2n) is 7.88. The van der Waals surface area contributed by atoms with E-state index in [1.165, 1.54) is 35.8 Å². The van der Waals surface area contributed by atoms with Gasteiger partial charge in [0.25, 0.3) is 6.43 Å². The summed E-state index contributed by atoms with van der Waals surface area (Å²) in [5, 5.41) is 25.3. The van der Waals surface area contributed by atoms with Crippen molar-refractivity contribution < 1.29 is 27.8 Å². The van der Waals surface area contributed by atoms with Gasteiger partial charge in [0.1, 0.15) is 37.4 Å². The molecular formula is C22H21F3N8O3. The van der Waals surface area contributed by atoms with Gasteiger partial charge in [0.15, 0.2) is 12.0 Å². The van der Waals surface area contributed by atoms with Gasteiger partial charge in [0.05, 0.1) is 24.0 Å². The number of aromatic nitrogens is 5. The fourth-order valence-electron chi connectivity index (χ4n) is 3.66. The fourth-order valence-corrected chi connectivity index (χ4v) is 3.66. The molecule has 1 amide bonds. The number of carbonyl (C=O) groups is 1. The van der Waals surface area contributed by atoms with Crippen LogP contribution in [0.5, 0.6) is 5.75 Å². The van der Waals surface area contributed by atoms with Gasteiger partial charge in [-0.3, -0.25) is 9.48 Å². The Kier molecular flexibility index (Phi) is 7.59. The van der Waals surface area contributed by atoms with Crippen LogP contribution in [0.15, 0.2) is 36.9 Å². The summed E-state index contributed by atoms with van der Waals surface area (Å²) < 4.78 is 46.4. The number of ether oxygens (including phenoxy) is 1. The number of benzene rings is 1. The van der Waals surface area contributed by atoms with Gasteiger partial charge in [-0.25, -0.2) is 23.1 Å². The molecule has 1 unspecified atom stereocenters. The maximum atomic E-state index is 14.6. The van der Waals surface area contributed by atoms with Crippen molar-refractivity contribution >= 4 is 17.5 Å². The van der Waals surface area contributed by atoms with Crippen LogP contribution in [-0.4, -0.2) is 79.0 Å². The Bertz CT molecular complexity index is 1270. The summed E-state index contributed by atoms with van der Waals surface area (Å²) in [6, 6.07) is 6.62. The van der Waals surface area contributed by atoms with E-state index in [0.29, 0.717) is 11.3 Å². The second-order valence-corrected chi connectivity index (χ2v) is 7.88. The van der Waals surface area contributed by atoms with E-state index in [4.69, 9.17) is 9.84 Å². The van der Waals surface area contributed by atoms with Gasteiger partial charge >= 0.3 is 0 Å². The average molecular weight is 502 g/mol. The zero-order valence-electron chi connectivity index (χ0n) is 18.8. The highest BCUT2D eigenvalue weighted by Crippen LogP contribution is 2.28. The van der Waals surface area contributed by atoms with Crippen molar-refractivity contribution in [3.05, 3.63) is 42.5 Å². The van der Waals surface area contributed by atoms with Crippen molar-refractivity contribution in [2.45, 2.75) is 31.7 Å². The zero-order chi connectivity index (χ0) is 25.7. The van der Waals surface area contributed by atoms with Crippen molar-refractivity contribution in [2.75, 3.05) is 25.0 Å². The predicted molar refractivity (Wildman–Crippen MR) is 119 cm³/mol. The molecule has 3 aromatic rings. The smallest absolute Gasteiger partial charge is 0.257 e. The van der Waals surface area contributed by atoms with Crippen molar-refractivity contribution in [2.24, 2.45) is 0 Å². The Hall–Kier alpha value is -4.25. The normalized spacial score (nSPS) is 17.6. The van der Waals surface area contributed by atoms with Crippen LogP contribution in [0.2, 0.25) is 0 Å². The lowest BCUT2D eigenvalue weighted by Gasteiger charge is -2.34. The molecule has 0 saturated carbocycles. The largest absolute Gasteiger partial charge is 0.486 e. The minimum Gasteiger partial charge on any atom is -0.486 e. The molecule has 2 N–H and O–H groups in total. The van der Waals surface area contributed by atoms with E-state index in [1.807, 2.05) is 6.07 Å². The molecule has 3 heterocycles. The number of aliphatic hydroxyl groups is 1. The summed E-state index contributed by atoms with van der Waals surface area (Å²) in [6.45, 7) is -1.20. The fraction of sp³-hybridized carbons (Fsp3) is 0.364. The summed E-state index contributed by atoms with van der Waals surface area (Å²) in [5.41, 5.74) is 1.01. The Morgan fingerprint density at radius 1 is 1.36 bits per heavy atom. The van der Waals surface area contributed by atoms with Gasteiger partial charge in [-0.1, -0.05) is 0 Å².